The second kappa shape index (κ2) is 6.29. The maximum atomic E-state index is 12.2. The van der Waals surface area contributed by atoms with Crippen LogP contribution in [0, 0.1) is 0 Å². The summed E-state index contributed by atoms with van der Waals surface area (Å²) in [4.78, 5) is 24.7. The van der Waals surface area contributed by atoms with Crippen LogP contribution in [0.3, 0.4) is 0 Å². The highest BCUT2D eigenvalue weighted by molar-refractivity contribution is 7.88. The first kappa shape index (κ1) is 16.2. The Balaban J connectivity index is 1.82. The van der Waals surface area contributed by atoms with Crippen molar-refractivity contribution in [1.82, 2.24) is 9.62 Å². The molecule has 21 heavy (non-hydrogen) atoms. The lowest BCUT2D eigenvalue weighted by Crippen LogP contribution is -2.49. The van der Waals surface area contributed by atoms with Gasteiger partial charge in [0.2, 0.25) is 10.0 Å². The molecule has 0 aromatic carbocycles. The normalized spacial score (nSPS) is 27.8. The molecule has 0 aromatic rings. The number of nitrogens with zero attached hydrogens (tertiary/aromatic N) is 1. The molecular formula is C12H20N2O6S. The molecule has 2 heterocycles. The third kappa shape index (κ3) is 4.39. The number of hydrogen-bond donors (Lipinski definition) is 2. The standard InChI is InChI=1S/C12H20N2O6S/c1-21(18,19)13-8-4-6-14(7-5-8)11(15)9-2-3-10(20-9)12(16)17/h8-10,13H,2-7H2,1H3,(H,16,17)/t9-,10+/m0/s1. The van der Waals surface area contributed by atoms with Gasteiger partial charge < -0.3 is 14.7 Å². The Morgan fingerprint density at radius 2 is 1.71 bits per heavy atom. The number of sulfonamides is 1. The number of ether oxygens (including phenoxy) is 1. The third-order valence-electron chi connectivity index (χ3n) is 3.76. The van der Waals surface area contributed by atoms with Crippen molar-refractivity contribution >= 4 is 21.9 Å². The number of rotatable bonds is 4. The van der Waals surface area contributed by atoms with E-state index in [9.17, 15) is 18.0 Å². The topological polar surface area (TPSA) is 113 Å². The van der Waals surface area contributed by atoms with Gasteiger partial charge in [-0.15, -0.1) is 0 Å². The van der Waals surface area contributed by atoms with Gasteiger partial charge >= 0.3 is 5.97 Å². The minimum Gasteiger partial charge on any atom is -0.479 e. The first-order valence-corrected chi connectivity index (χ1v) is 8.80. The van der Waals surface area contributed by atoms with Gasteiger partial charge in [-0.05, 0) is 25.7 Å². The number of carboxylic acids is 1. The third-order valence-corrected chi connectivity index (χ3v) is 4.52. The maximum absolute atomic E-state index is 12.2. The highest BCUT2D eigenvalue weighted by atomic mass is 32.2. The van der Waals surface area contributed by atoms with Gasteiger partial charge in [0.1, 0.15) is 6.10 Å². The molecule has 2 atom stereocenters. The molecule has 0 spiro atoms. The van der Waals surface area contributed by atoms with Gasteiger partial charge in [0.15, 0.2) is 6.10 Å². The maximum Gasteiger partial charge on any atom is 0.332 e. The molecule has 2 N–H and O–H groups in total. The van der Waals surface area contributed by atoms with Gasteiger partial charge in [0.25, 0.3) is 5.91 Å². The van der Waals surface area contributed by atoms with Gasteiger partial charge in [-0.1, -0.05) is 0 Å². The number of aliphatic carboxylic acids is 1. The van der Waals surface area contributed by atoms with Crippen LogP contribution < -0.4 is 4.72 Å². The molecule has 0 aromatic heterocycles. The Labute approximate surface area is 123 Å². The van der Waals surface area contributed by atoms with E-state index < -0.39 is 28.2 Å². The zero-order valence-electron chi connectivity index (χ0n) is 11.8. The summed E-state index contributed by atoms with van der Waals surface area (Å²) >= 11 is 0. The van der Waals surface area contributed by atoms with E-state index in [1.807, 2.05) is 0 Å². The Morgan fingerprint density at radius 1 is 1.14 bits per heavy atom. The van der Waals surface area contributed by atoms with E-state index in [1.165, 1.54) is 0 Å². The van der Waals surface area contributed by atoms with Crippen LogP contribution in [0.15, 0.2) is 0 Å². The minimum absolute atomic E-state index is 0.152. The molecule has 0 saturated carbocycles. The van der Waals surface area contributed by atoms with Gasteiger partial charge in [-0.3, -0.25) is 4.79 Å². The molecule has 2 aliphatic heterocycles. The fourth-order valence-electron chi connectivity index (χ4n) is 2.72. The summed E-state index contributed by atoms with van der Waals surface area (Å²) in [6.07, 6.45) is 1.38. The summed E-state index contributed by atoms with van der Waals surface area (Å²) in [5.41, 5.74) is 0. The number of hydrogen-bond acceptors (Lipinski definition) is 5. The van der Waals surface area contributed by atoms with Crippen molar-refractivity contribution < 1.29 is 27.9 Å². The van der Waals surface area contributed by atoms with Crippen LogP contribution in [-0.2, 0) is 24.3 Å². The van der Waals surface area contributed by atoms with Crippen molar-refractivity contribution in [3.8, 4) is 0 Å². The summed E-state index contributed by atoms with van der Waals surface area (Å²) in [7, 11) is -3.24. The highest BCUT2D eigenvalue weighted by Crippen LogP contribution is 2.23. The summed E-state index contributed by atoms with van der Waals surface area (Å²) in [5, 5.41) is 8.85. The van der Waals surface area contributed by atoms with E-state index in [4.69, 9.17) is 9.84 Å². The van der Waals surface area contributed by atoms with E-state index in [-0.39, 0.29) is 11.9 Å². The molecule has 0 unspecified atom stereocenters. The van der Waals surface area contributed by atoms with E-state index in [2.05, 4.69) is 4.72 Å². The summed E-state index contributed by atoms with van der Waals surface area (Å²) in [6.45, 7) is 0.896. The first-order valence-electron chi connectivity index (χ1n) is 6.90. The molecule has 2 aliphatic rings. The van der Waals surface area contributed by atoms with Crippen LogP contribution in [0.1, 0.15) is 25.7 Å². The zero-order valence-corrected chi connectivity index (χ0v) is 12.6. The molecular weight excluding hydrogens is 300 g/mol. The Morgan fingerprint density at radius 3 is 2.19 bits per heavy atom. The number of amides is 1. The first-order chi connectivity index (χ1) is 9.76. The van der Waals surface area contributed by atoms with E-state index in [0.717, 1.165) is 6.26 Å². The number of likely N-dealkylation sites (tertiary alicyclic amines) is 1. The molecule has 9 heteroatoms. The molecule has 1 amide bonds. The lowest BCUT2D eigenvalue weighted by molar-refractivity contribution is -0.155. The van der Waals surface area contributed by atoms with Crippen LogP contribution in [0.25, 0.3) is 0 Å². The average molecular weight is 320 g/mol. The SMILES string of the molecule is CS(=O)(=O)NC1CCN(C(=O)[C@@H]2CC[C@H](C(=O)O)O2)CC1. The Kier molecular flexibility index (Phi) is 4.84. The molecule has 0 radical (unpaired) electrons. The van der Waals surface area contributed by atoms with Crippen molar-refractivity contribution in [3.05, 3.63) is 0 Å². The Hall–Kier alpha value is -1.19. The molecule has 2 saturated heterocycles. The molecule has 2 rings (SSSR count). The monoisotopic (exact) mass is 320 g/mol. The average Bonchev–Trinajstić information content (AvgIpc) is 2.86. The second-order valence-corrected chi connectivity index (χ2v) is 7.30. The molecule has 2 fully saturated rings. The quantitative estimate of drug-likeness (QED) is 0.698. The predicted molar refractivity (Wildman–Crippen MR) is 73.1 cm³/mol. The van der Waals surface area contributed by atoms with E-state index in [0.29, 0.717) is 38.8 Å². The van der Waals surface area contributed by atoms with Crippen molar-refractivity contribution in [2.75, 3.05) is 19.3 Å². The number of carboxylic acid groups (broad SMARTS) is 1. The smallest absolute Gasteiger partial charge is 0.332 e. The van der Waals surface area contributed by atoms with Gasteiger partial charge in [0, 0.05) is 19.1 Å². The van der Waals surface area contributed by atoms with Gasteiger partial charge in [0.05, 0.1) is 6.26 Å². The molecule has 0 aliphatic carbocycles. The van der Waals surface area contributed by atoms with Crippen LogP contribution in [0.4, 0.5) is 0 Å². The highest BCUT2D eigenvalue weighted by Gasteiger charge is 2.37. The number of carbonyl (C=O) groups is 2. The number of piperidine rings is 1. The zero-order chi connectivity index (χ0) is 15.6. The predicted octanol–water partition coefficient (Wildman–Crippen LogP) is -0.841. The Bertz CT molecular complexity index is 512. The minimum atomic E-state index is -3.24. The van der Waals surface area contributed by atoms with Crippen molar-refractivity contribution in [1.29, 1.82) is 0 Å². The van der Waals surface area contributed by atoms with Crippen molar-refractivity contribution in [3.63, 3.8) is 0 Å². The van der Waals surface area contributed by atoms with Crippen LogP contribution in [0.2, 0.25) is 0 Å². The summed E-state index contributed by atoms with van der Waals surface area (Å²) in [5.74, 6) is -1.24. The van der Waals surface area contributed by atoms with E-state index >= 15 is 0 Å². The lowest BCUT2D eigenvalue weighted by Gasteiger charge is -2.33. The fraction of sp³-hybridized carbons (Fsp3) is 0.833. The second-order valence-electron chi connectivity index (χ2n) is 5.52. The molecule has 8 nitrogen and oxygen atoms in total. The summed E-state index contributed by atoms with van der Waals surface area (Å²) < 4.78 is 30.1. The van der Waals surface area contributed by atoms with Crippen LogP contribution in [0.5, 0.6) is 0 Å². The van der Waals surface area contributed by atoms with Crippen LogP contribution in [-0.4, -0.2) is 67.9 Å². The lowest BCUT2D eigenvalue weighted by atomic mass is 10.0. The molecule has 120 valence electrons. The summed E-state index contributed by atoms with van der Waals surface area (Å²) in [6, 6.07) is -0.152. The van der Waals surface area contributed by atoms with Gasteiger partial charge in [-0.25, -0.2) is 17.9 Å². The fourth-order valence-corrected chi connectivity index (χ4v) is 3.57. The van der Waals surface area contributed by atoms with Gasteiger partial charge in [-0.2, -0.15) is 0 Å². The largest absolute Gasteiger partial charge is 0.479 e. The van der Waals surface area contributed by atoms with Crippen LogP contribution >= 0.6 is 0 Å². The van der Waals surface area contributed by atoms with Crippen molar-refractivity contribution in [2.24, 2.45) is 0 Å². The molecule has 0 bridgehead atoms. The number of nitrogens with one attached hydrogen (secondary N) is 1. The van der Waals surface area contributed by atoms with E-state index in [1.54, 1.807) is 4.90 Å². The van der Waals surface area contributed by atoms with Crippen molar-refractivity contribution in [2.45, 2.75) is 43.9 Å². The number of carbonyl (C=O) groups excluding carboxylic acids is 1.